The molecule has 0 bridgehead atoms. The maximum atomic E-state index is 12.0. The second-order valence-corrected chi connectivity index (χ2v) is 3.59. The maximum absolute atomic E-state index is 12.0. The second kappa shape index (κ2) is 6.56. The van der Waals surface area contributed by atoms with Crippen molar-refractivity contribution >= 4 is 22.0 Å². The number of hydrogen-bond donors (Lipinski definition) is 0. The topological polar surface area (TPSA) is 9.23 Å². The van der Waals surface area contributed by atoms with Crippen LogP contribution in [0.5, 0.6) is 5.75 Å². The molecule has 0 unspecified atom stereocenters. The SMILES string of the molecule is FC(F)Oc1ccccc1C=CCCBr. The molecule has 0 atom stereocenters. The maximum Gasteiger partial charge on any atom is 0.387 e. The van der Waals surface area contributed by atoms with Crippen molar-refractivity contribution in [3.8, 4) is 5.75 Å². The first kappa shape index (κ1) is 12.2. The summed E-state index contributed by atoms with van der Waals surface area (Å²) >= 11 is 3.28. The molecule has 4 heteroatoms. The van der Waals surface area contributed by atoms with Crippen LogP contribution < -0.4 is 4.74 Å². The second-order valence-electron chi connectivity index (χ2n) is 2.80. The molecule has 1 aromatic carbocycles. The first-order chi connectivity index (χ1) is 7.24. The normalized spacial score (nSPS) is 11.2. The summed E-state index contributed by atoms with van der Waals surface area (Å²) in [6.45, 7) is -2.78. The molecule has 15 heavy (non-hydrogen) atoms. The number of rotatable bonds is 5. The summed E-state index contributed by atoms with van der Waals surface area (Å²) in [6.07, 6.45) is 4.53. The largest absolute Gasteiger partial charge is 0.434 e. The van der Waals surface area contributed by atoms with Gasteiger partial charge in [0.05, 0.1) is 0 Å². The molecular formula is C11H11BrF2O. The summed E-state index contributed by atoms with van der Waals surface area (Å²) in [5, 5.41) is 0.849. The number of para-hydroxylation sites is 1. The van der Waals surface area contributed by atoms with Gasteiger partial charge in [0, 0.05) is 10.9 Å². The predicted molar refractivity (Wildman–Crippen MR) is 60.5 cm³/mol. The molecular weight excluding hydrogens is 266 g/mol. The van der Waals surface area contributed by atoms with Crippen LogP contribution in [0.15, 0.2) is 30.3 Å². The fraction of sp³-hybridized carbons (Fsp3) is 0.273. The van der Waals surface area contributed by atoms with Crippen LogP contribution in [0.4, 0.5) is 8.78 Å². The highest BCUT2D eigenvalue weighted by atomic mass is 79.9. The van der Waals surface area contributed by atoms with Gasteiger partial charge in [-0.3, -0.25) is 0 Å². The minimum atomic E-state index is -2.78. The van der Waals surface area contributed by atoms with Gasteiger partial charge in [0.2, 0.25) is 0 Å². The minimum Gasteiger partial charge on any atom is -0.434 e. The van der Waals surface area contributed by atoms with E-state index in [0.29, 0.717) is 5.56 Å². The van der Waals surface area contributed by atoms with Gasteiger partial charge in [-0.25, -0.2) is 0 Å². The van der Waals surface area contributed by atoms with Crippen LogP contribution in [-0.4, -0.2) is 11.9 Å². The number of alkyl halides is 3. The Kier molecular flexibility index (Phi) is 5.32. The van der Waals surface area contributed by atoms with Crippen molar-refractivity contribution in [1.82, 2.24) is 0 Å². The van der Waals surface area contributed by atoms with E-state index in [1.165, 1.54) is 6.07 Å². The molecule has 0 heterocycles. The van der Waals surface area contributed by atoms with Gasteiger partial charge in [-0.2, -0.15) is 8.78 Å². The molecule has 0 amide bonds. The third-order valence-electron chi connectivity index (χ3n) is 1.71. The Morgan fingerprint density at radius 3 is 2.73 bits per heavy atom. The first-order valence-electron chi connectivity index (χ1n) is 4.50. The molecule has 1 rings (SSSR count). The lowest BCUT2D eigenvalue weighted by Gasteiger charge is -2.06. The van der Waals surface area contributed by atoms with Crippen LogP contribution in [0.25, 0.3) is 6.08 Å². The average Bonchev–Trinajstić information content (AvgIpc) is 2.20. The van der Waals surface area contributed by atoms with E-state index in [9.17, 15) is 8.78 Å². The highest BCUT2D eigenvalue weighted by molar-refractivity contribution is 9.09. The Hall–Kier alpha value is -0.900. The van der Waals surface area contributed by atoms with Crippen molar-refractivity contribution in [2.45, 2.75) is 13.0 Å². The van der Waals surface area contributed by atoms with Gasteiger partial charge in [0.25, 0.3) is 0 Å². The van der Waals surface area contributed by atoms with E-state index in [2.05, 4.69) is 20.7 Å². The summed E-state index contributed by atoms with van der Waals surface area (Å²) in [7, 11) is 0. The van der Waals surface area contributed by atoms with Crippen molar-refractivity contribution in [2.24, 2.45) is 0 Å². The van der Waals surface area contributed by atoms with Crippen molar-refractivity contribution in [1.29, 1.82) is 0 Å². The van der Waals surface area contributed by atoms with Crippen LogP contribution in [-0.2, 0) is 0 Å². The summed E-state index contributed by atoms with van der Waals surface area (Å²) in [4.78, 5) is 0. The van der Waals surface area contributed by atoms with Crippen molar-refractivity contribution in [3.63, 3.8) is 0 Å². The standard InChI is InChI=1S/C11H11BrF2O/c12-8-4-3-6-9-5-1-2-7-10(9)15-11(13)14/h1-3,5-7,11H,4,8H2. The van der Waals surface area contributed by atoms with E-state index < -0.39 is 6.61 Å². The van der Waals surface area contributed by atoms with Gasteiger partial charge in [0.15, 0.2) is 0 Å². The average molecular weight is 277 g/mol. The molecule has 0 aliphatic carbocycles. The van der Waals surface area contributed by atoms with E-state index in [4.69, 9.17) is 0 Å². The monoisotopic (exact) mass is 276 g/mol. The molecule has 0 radical (unpaired) electrons. The van der Waals surface area contributed by atoms with E-state index in [1.807, 2.05) is 6.08 Å². The molecule has 1 aromatic rings. The molecule has 0 aliphatic heterocycles. The fourth-order valence-electron chi connectivity index (χ4n) is 1.09. The zero-order valence-electron chi connectivity index (χ0n) is 8.00. The number of benzene rings is 1. The molecule has 0 aliphatic rings. The van der Waals surface area contributed by atoms with Crippen molar-refractivity contribution < 1.29 is 13.5 Å². The van der Waals surface area contributed by atoms with Crippen LogP contribution >= 0.6 is 15.9 Å². The number of ether oxygens (including phenoxy) is 1. The summed E-state index contributed by atoms with van der Waals surface area (Å²) in [6, 6.07) is 6.72. The highest BCUT2D eigenvalue weighted by Crippen LogP contribution is 2.21. The Bertz CT molecular complexity index is 326. The smallest absolute Gasteiger partial charge is 0.387 e. The lowest BCUT2D eigenvalue weighted by atomic mass is 10.2. The van der Waals surface area contributed by atoms with Crippen LogP contribution in [0.3, 0.4) is 0 Å². The molecule has 0 spiro atoms. The van der Waals surface area contributed by atoms with Crippen LogP contribution in [0.2, 0.25) is 0 Å². The third-order valence-corrected chi connectivity index (χ3v) is 2.17. The van der Waals surface area contributed by atoms with Gasteiger partial charge < -0.3 is 4.74 Å². The molecule has 82 valence electrons. The van der Waals surface area contributed by atoms with E-state index in [-0.39, 0.29) is 5.75 Å². The Morgan fingerprint density at radius 2 is 2.07 bits per heavy atom. The molecule has 0 saturated carbocycles. The number of allylic oxidation sites excluding steroid dienone is 1. The third kappa shape index (κ3) is 4.42. The van der Waals surface area contributed by atoms with E-state index in [1.54, 1.807) is 24.3 Å². The van der Waals surface area contributed by atoms with Crippen LogP contribution in [0, 0.1) is 0 Å². The Balaban J connectivity index is 2.76. The van der Waals surface area contributed by atoms with E-state index in [0.717, 1.165) is 11.8 Å². The first-order valence-corrected chi connectivity index (χ1v) is 5.62. The Morgan fingerprint density at radius 1 is 1.33 bits per heavy atom. The van der Waals surface area contributed by atoms with Gasteiger partial charge in [-0.05, 0) is 12.5 Å². The molecule has 0 fully saturated rings. The fourth-order valence-corrected chi connectivity index (χ4v) is 1.36. The zero-order chi connectivity index (χ0) is 11.1. The summed E-state index contributed by atoms with van der Waals surface area (Å²) < 4.78 is 28.4. The molecule has 0 aromatic heterocycles. The molecule has 1 nitrogen and oxygen atoms in total. The number of hydrogen-bond acceptors (Lipinski definition) is 1. The zero-order valence-corrected chi connectivity index (χ0v) is 9.58. The molecule has 0 N–H and O–H groups in total. The lowest BCUT2D eigenvalue weighted by Crippen LogP contribution is -2.02. The van der Waals surface area contributed by atoms with Gasteiger partial charge in [-0.15, -0.1) is 0 Å². The molecule has 0 saturated heterocycles. The van der Waals surface area contributed by atoms with Crippen molar-refractivity contribution in [3.05, 3.63) is 35.9 Å². The lowest BCUT2D eigenvalue weighted by molar-refractivity contribution is -0.0499. The highest BCUT2D eigenvalue weighted by Gasteiger charge is 2.06. The summed E-state index contributed by atoms with van der Waals surface area (Å²) in [5.74, 6) is 0.207. The van der Waals surface area contributed by atoms with Crippen LogP contribution in [0.1, 0.15) is 12.0 Å². The quantitative estimate of drug-likeness (QED) is 0.737. The van der Waals surface area contributed by atoms with E-state index >= 15 is 0 Å². The van der Waals surface area contributed by atoms with Gasteiger partial charge >= 0.3 is 6.61 Å². The predicted octanol–water partition coefficient (Wildman–Crippen LogP) is 4.09. The van der Waals surface area contributed by atoms with Crippen molar-refractivity contribution in [2.75, 3.05) is 5.33 Å². The van der Waals surface area contributed by atoms with Gasteiger partial charge in [0.1, 0.15) is 5.75 Å². The minimum absolute atomic E-state index is 0.207. The summed E-state index contributed by atoms with van der Waals surface area (Å²) in [5.41, 5.74) is 0.666. The van der Waals surface area contributed by atoms with Gasteiger partial charge in [-0.1, -0.05) is 46.3 Å². The Labute approximate surface area is 95.9 Å². The number of halogens is 3.